The van der Waals surface area contributed by atoms with Crippen LogP contribution in [0.5, 0.6) is 5.75 Å². The molecule has 0 aliphatic rings. The number of ketones is 1. The van der Waals surface area contributed by atoms with Crippen LogP contribution in [0.4, 0.5) is 0 Å². The molecule has 0 fully saturated rings. The van der Waals surface area contributed by atoms with Gasteiger partial charge in [-0.3, -0.25) is 4.79 Å². The van der Waals surface area contributed by atoms with Crippen molar-refractivity contribution in [3.05, 3.63) is 70.8 Å². The molecule has 0 bridgehead atoms. The molecule has 0 spiro atoms. The minimum atomic E-state index is -0.233. The van der Waals surface area contributed by atoms with Gasteiger partial charge in [0.1, 0.15) is 5.75 Å². The molecular formula is C16H12Cl2O2. The molecule has 0 heterocycles. The van der Waals surface area contributed by atoms with Gasteiger partial charge in [0.2, 0.25) is 0 Å². The molecule has 0 aliphatic carbocycles. The van der Waals surface area contributed by atoms with Crippen molar-refractivity contribution in [2.24, 2.45) is 0 Å². The van der Waals surface area contributed by atoms with E-state index in [1.54, 1.807) is 43.5 Å². The highest BCUT2D eigenvalue weighted by Crippen LogP contribution is 2.24. The second kappa shape index (κ2) is 6.60. The van der Waals surface area contributed by atoms with Crippen molar-refractivity contribution in [3.8, 4) is 5.75 Å². The van der Waals surface area contributed by atoms with Gasteiger partial charge in [-0.15, -0.1) is 0 Å². The molecular weight excluding hydrogens is 295 g/mol. The predicted octanol–water partition coefficient (Wildman–Crippen LogP) is 4.81. The summed E-state index contributed by atoms with van der Waals surface area (Å²) in [6.45, 7) is 0. The van der Waals surface area contributed by atoms with Crippen molar-refractivity contribution >= 4 is 34.0 Å². The van der Waals surface area contributed by atoms with Crippen LogP contribution in [0.3, 0.4) is 0 Å². The Morgan fingerprint density at radius 3 is 2.60 bits per heavy atom. The highest BCUT2D eigenvalue weighted by molar-refractivity contribution is 6.50. The second-order valence-corrected chi connectivity index (χ2v) is 4.88. The fraction of sp³-hybridized carbons (Fsp3) is 0.0625. The van der Waals surface area contributed by atoms with Crippen LogP contribution in [-0.2, 0) is 0 Å². The third kappa shape index (κ3) is 3.41. The molecule has 2 rings (SSSR count). The van der Waals surface area contributed by atoms with Crippen molar-refractivity contribution in [1.29, 1.82) is 0 Å². The van der Waals surface area contributed by atoms with E-state index in [1.807, 2.05) is 12.1 Å². The lowest BCUT2D eigenvalue weighted by atomic mass is 10.1. The number of hydrogen-bond acceptors (Lipinski definition) is 2. The minimum Gasteiger partial charge on any atom is -0.497 e. The summed E-state index contributed by atoms with van der Waals surface area (Å²) < 4.78 is 5.12. The van der Waals surface area contributed by atoms with Gasteiger partial charge in [-0.05, 0) is 29.8 Å². The second-order valence-electron chi connectivity index (χ2n) is 4.07. The molecule has 0 unspecified atom stereocenters. The fourth-order valence-electron chi connectivity index (χ4n) is 1.71. The summed E-state index contributed by atoms with van der Waals surface area (Å²) in [4.78, 5) is 12.1. The van der Waals surface area contributed by atoms with Crippen LogP contribution >= 0.6 is 23.2 Å². The topological polar surface area (TPSA) is 26.3 Å². The van der Waals surface area contributed by atoms with Gasteiger partial charge < -0.3 is 4.74 Å². The smallest absolute Gasteiger partial charge is 0.188 e. The van der Waals surface area contributed by atoms with E-state index in [1.165, 1.54) is 6.08 Å². The normalized spacial score (nSPS) is 11.2. The molecule has 0 atom stereocenters. The van der Waals surface area contributed by atoms with Crippen molar-refractivity contribution in [2.75, 3.05) is 7.11 Å². The van der Waals surface area contributed by atoms with Crippen LogP contribution in [0.15, 0.2) is 54.6 Å². The first kappa shape index (κ1) is 14.6. The van der Waals surface area contributed by atoms with Crippen molar-refractivity contribution in [3.63, 3.8) is 0 Å². The van der Waals surface area contributed by atoms with Gasteiger partial charge in [0.15, 0.2) is 5.78 Å². The molecule has 0 aromatic heterocycles. The zero-order valence-electron chi connectivity index (χ0n) is 10.8. The number of halogens is 2. The zero-order valence-corrected chi connectivity index (χ0v) is 12.3. The van der Waals surface area contributed by atoms with Crippen LogP contribution in [0, 0.1) is 0 Å². The standard InChI is InChI=1S/C16H12Cl2O2/c1-20-12-6-4-5-11(9-12)15(18)10-16(19)13-7-2-3-8-14(13)17/h2-10H,1H3/b15-10-. The molecule has 2 aromatic rings. The number of methoxy groups -OCH3 is 1. The van der Waals surface area contributed by atoms with Gasteiger partial charge >= 0.3 is 0 Å². The lowest BCUT2D eigenvalue weighted by molar-refractivity contribution is 0.104. The van der Waals surface area contributed by atoms with Crippen LogP contribution in [0.2, 0.25) is 5.02 Å². The first-order valence-corrected chi connectivity index (χ1v) is 6.68. The Kier molecular flexibility index (Phi) is 4.83. The summed E-state index contributed by atoms with van der Waals surface area (Å²) in [6.07, 6.45) is 1.36. The molecule has 0 N–H and O–H groups in total. The van der Waals surface area contributed by atoms with Crippen molar-refractivity contribution < 1.29 is 9.53 Å². The lowest BCUT2D eigenvalue weighted by Crippen LogP contribution is -1.96. The van der Waals surface area contributed by atoms with E-state index in [0.717, 1.165) is 0 Å². The van der Waals surface area contributed by atoms with Gasteiger partial charge in [0.05, 0.1) is 17.2 Å². The lowest BCUT2D eigenvalue weighted by Gasteiger charge is -2.04. The largest absolute Gasteiger partial charge is 0.497 e. The summed E-state index contributed by atoms with van der Waals surface area (Å²) >= 11 is 12.2. The van der Waals surface area contributed by atoms with E-state index >= 15 is 0 Å². The third-order valence-electron chi connectivity index (χ3n) is 2.74. The van der Waals surface area contributed by atoms with Crippen LogP contribution in [-0.4, -0.2) is 12.9 Å². The maximum Gasteiger partial charge on any atom is 0.188 e. The Labute approximate surface area is 127 Å². The molecule has 20 heavy (non-hydrogen) atoms. The first-order chi connectivity index (χ1) is 9.61. The number of carbonyl (C=O) groups excluding carboxylic acids is 1. The molecule has 4 heteroatoms. The van der Waals surface area contributed by atoms with Crippen LogP contribution < -0.4 is 4.74 Å². The van der Waals surface area contributed by atoms with Gasteiger partial charge in [-0.2, -0.15) is 0 Å². The van der Waals surface area contributed by atoms with E-state index in [0.29, 0.717) is 26.9 Å². The number of rotatable bonds is 4. The fourth-order valence-corrected chi connectivity index (χ4v) is 2.15. The van der Waals surface area contributed by atoms with Crippen molar-refractivity contribution in [2.45, 2.75) is 0 Å². The number of allylic oxidation sites excluding steroid dienone is 1. The summed E-state index contributed by atoms with van der Waals surface area (Å²) in [5, 5.41) is 0.748. The number of hydrogen-bond donors (Lipinski definition) is 0. The van der Waals surface area contributed by atoms with E-state index in [2.05, 4.69) is 0 Å². The summed E-state index contributed by atoms with van der Waals surface area (Å²) in [7, 11) is 1.58. The Balaban J connectivity index is 2.30. The number of ether oxygens (including phenoxy) is 1. The van der Waals surface area contributed by atoms with E-state index in [-0.39, 0.29) is 5.78 Å². The minimum absolute atomic E-state index is 0.233. The molecule has 0 saturated carbocycles. The highest BCUT2D eigenvalue weighted by Gasteiger charge is 2.09. The molecule has 0 saturated heterocycles. The molecule has 2 nitrogen and oxygen atoms in total. The summed E-state index contributed by atoms with van der Waals surface area (Å²) in [5.74, 6) is 0.447. The molecule has 102 valence electrons. The Morgan fingerprint density at radius 1 is 1.15 bits per heavy atom. The molecule has 0 radical (unpaired) electrons. The zero-order chi connectivity index (χ0) is 14.5. The Hall–Kier alpha value is -1.77. The van der Waals surface area contributed by atoms with Gasteiger partial charge in [0, 0.05) is 11.6 Å². The van der Waals surface area contributed by atoms with Gasteiger partial charge in [0.25, 0.3) is 0 Å². The predicted molar refractivity (Wildman–Crippen MR) is 82.6 cm³/mol. The number of benzene rings is 2. The maximum absolute atomic E-state index is 12.1. The Bertz CT molecular complexity index is 663. The molecule has 0 amide bonds. The Morgan fingerprint density at radius 2 is 1.90 bits per heavy atom. The van der Waals surface area contributed by atoms with Gasteiger partial charge in [-0.25, -0.2) is 0 Å². The first-order valence-electron chi connectivity index (χ1n) is 5.92. The number of carbonyl (C=O) groups is 1. The molecule has 2 aromatic carbocycles. The third-order valence-corrected chi connectivity index (χ3v) is 3.40. The van der Waals surface area contributed by atoms with Crippen LogP contribution in [0.1, 0.15) is 15.9 Å². The summed E-state index contributed by atoms with van der Waals surface area (Å²) in [6, 6.07) is 14.0. The summed E-state index contributed by atoms with van der Waals surface area (Å²) in [5.41, 5.74) is 1.14. The van der Waals surface area contributed by atoms with E-state index in [4.69, 9.17) is 27.9 Å². The molecule has 0 aliphatic heterocycles. The SMILES string of the molecule is COc1cccc(/C(Cl)=C/C(=O)c2ccccc2Cl)c1. The van der Waals surface area contributed by atoms with E-state index in [9.17, 15) is 4.79 Å². The average molecular weight is 307 g/mol. The maximum atomic E-state index is 12.1. The quantitative estimate of drug-likeness (QED) is 0.598. The van der Waals surface area contributed by atoms with Crippen LogP contribution in [0.25, 0.3) is 5.03 Å². The highest BCUT2D eigenvalue weighted by atomic mass is 35.5. The van der Waals surface area contributed by atoms with E-state index < -0.39 is 0 Å². The van der Waals surface area contributed by atoms with Crippen molar-refractivity contribution in [1.82, 2.24) is 0 Å². The monoisotopic (exact) mass is 306 g/mol. The van der Waals surface area contributed by atoms with Gasteiger partial charge in [-0.1, -0.05) is 47.5 Å². The average Bonchev–Trinajstić information content (AvgIpc) is 2.47.